The predicted octanol–water partition coefficient (Wildman–Crippen LogP) is 1.84. The van der Waals surface area contributed by atoms with Crippen molar-refractivity contribution in [2.45, 2.75) is 6.54 Å². The molecular weight excluding hydrogens is 240 g/mol. The average molecular weight is 260 g/mol. The van der Waals surface area contributed by atoms with Crippen LogP contribution >= 0.6 is 0 Å². The van der Waals surface area contributed by atoms with Gasteiger partial charge in [0.15, 0.2) is 0 Å². The standard InChI is InChI=1S/C15H20N2O2/c1-17(9-15(8-16)10-18-11-15)6-12-7-19-14-5-3-2-4-13(12)14/h2-5,7H,6,8-11,16H2,1H3. The van der Waals surface area contributed by atoms with Gasteiger partial charge in [0, 0.05) is 36.0 Å². The van der Waals surface area contributed by atoms with Gasteiger partial charge >= 0.3 is 0 Å². The van der Waals surface area contributed by atoms with Crippen LogP contribution < -0.4 is 5.73 Å². The molecule has 2 N–H and O–H groups in total. The van der Waals surface area contributed by atoms with E-state index in [0.717, 1.165) is 31.9 Å². The van der Waals surface area contributed by atoms with Crippen LogP contribution in [-0.2, 0) is 11.3 Å². The van der Waals surface area contributed by atoms with Gasteiger partial charge in [-0.2, -0.15) is 0 Å². The zero-order chi connectivity index (χ0) is 13.3. The van der Waals surface area contributed by atoms with Crippen LogP contribution in [0, 0.1) is 5.41 Å². The lowest BCUT2D eigenvalue weighted by Gasteiger charge is -2.43. The molecule has 0 saturated carbocycles. The molecule has 1 saturated heterocycles. The minimum absolute atomic E-state index is 0.147. The van der Waals surface area contributed by atoms with Crippen molar-refractivity contribution in [2.24, 2.45) is 11.1 Å². The third-order valence-corrected chi connectivity index (χ3v) is 3.86. The molecule has 1 aliphatic heterocycles. The van der Waals surface area contributed by atoms with Crippen LogP contribution in [0.1, 0.15) is 5.56 Å². The Kier molecular flexibility index (Phi) is 3.31. The fraction of sp³-hybridized carbons (Fsp3) is 0.467. The highest BCUT2D eigenvalue weighted by Crippen LogP contribution is 2.28. The SMILES string of the molecule is CN(Cc1coc2ccccc12)CC1(CN)COC1. The van der Waals surface area contributed by atoms with Crippen LogP contribution in [0.5, 0.6) is 0 Å². The Morgan fingerprint density at radius 3 is 2.79 bits per heavy atom. The van der Waals surface area contributed by atoms with Crippen molar-refractivity contribution in [3.63, 3.8) is 0 Å². The highest BCUT2D eigenvalue weighted by Gasteiger charge is 2.38. The maximum Gasteiger partial charge on any atom is 0.134 e. The molecule has 1 fully saturated rings. The van der Waals surface area contributed by atoms with Gasteiger partial charge in [-0.15, -0.1) is 0 Å². The van der Waals surface area contributed by atoms with E-state index in [1.54, 1.807) is 0 Å². The zero-order valence-corrected chi connectivity index (χ0v) is 11.3. The third kappa shape index (κ3) is 2.39. The van der Waals surface area contributed by atoms with E-state index < -0.39 is 0 Å². The molecule has 2 aromatic rings. The van der Waals surface area contributed by atoms with E-state index in [1.165, 1.54) is 10.9 Å². The van der Waals surface area contributed by atoms with Gasteiger partial charge in [0.1, 0.15) is 5.58 Å². The normalized spacial score (nSPS) is 17.8. The first-order valence-electron chi connectivity index (χ1n) is 6.64. The van der Waals surface area contributed by atoms with Gasteiger partial charge in [-0.05, 0) is 13.1 Å². The number of benzene rings is 1. The fourth-order valence-corrected chi connectivity index (χ4v) is 2.74. The number of hydrogen-bond acceptors (Lipinski definition) is 4. The largest absolute Gasteiger partial charge is 0.464 e. The molecule has 2 heterocycles. The van der Waals surface area contributed by atoms with Crippen LogP contribution in [0.4, 0.5) is 0 Å². The molecule has 1 aromatic carbocycles. The lowest BCUT2D eigenvalue weighted by atomic mass is 9.85. The topological polar surface area (TPSA) is 51.6 Å². The molecule has 0 spiro atoms. The number of nitrogens with two attached hydrogens (primary N) is 1. The second kappa shape index (κ2) is 4.96. The molecule has 0 amide bonds. The summed E-state index contributed by atoms with van der Waals surface area (Å²) in [6.45, 7) is 4.07. The first-order valence-corrected chi connectivity index (χ1v) is 6.64. The Bertz CT molecular complexity index is 555. The van der Waals surface area contributed by atoms with E-state index >= 15 is 0 Å². The van der Waals surface area contributed by atoms with Crippen molar-refractivity contribution in [1.29, 1.82) is 0 Å². The molecule has 1 aliphatic rings. The van der Waals surface area contributed by atoms with E-state index in [4.69, 9.17) is 14.9 Å². The molecule has 4 nitrogen and oxygen atoms in total. The molecular formula is C15H20N2O2. The summed E-state index contributed by atoms with van der Waals surface area (Å²) < 4.78 is 10.9. The Balaban J connectivity index is 1.70. The minimum atomic E-state index is 0.147. The summed E-state index contributed by atoms with van der Waals surface area (Å²) >= 11 is 0. The zero-order valence-electron chi connectivity index (χ0n) is 11.3. The van der Waals surface area contributed by atoms with Gasteiger partial charge in [0.2, 0.25) is 0 Å². The monoisotopic (exact) mass is 260 g/mol. The molecule has 0 unspecified atom stereocenters. The maximum absolute atomic E-state index is 5.86. The van der Waals surface area contributed by atoms with E-state index in [-0.39, 0.29) is 5.41 Å². The van der Waals surface area contributed by atoms with Gasteiger partial charge in [0.05, 0.1) is 19.5 Å². The molecule has 0 atom stereocenters. The first-order chi connectivity index (χ1) is 9.22. The number of ether oxygens (including phenoxy) is 1. The number of fused-ring (bicyclic) bond motifs is 1. The van der Waals surface area contributed by atoms with Crippen molar-refractivity contribution in [2.75, 3.05) is 33.4 Å². The summed E-state index contributed by atoms with van der Waals surface area (Å²) in [4.78, 5) is 2.30. The molecule has 19 heavy (non-hydrogen) atoms. The summed E-state index contributed by atoms with van der Waals surface area (Å²) in [5, 5.41) is 1.20. The number of nitrogens with zero attached hydrogens (tertiary/aromatic N) is 1. The van der Waals surface area contributed by atoms with Crippen LogP contribution in [0.2, 0.25) is 0 Å². The van der Waals surface area contributed by atoms with E-state index in [9.17, 15) is 0 Å². The number of rotatable bonds is 5. The fourth-order valence-electron chi connectivity index (χ4n) is 2.74. The molecule has 0 radical (unpaired) electrons. The second-order valence-corrected chi connectivity index (χ2v) is 5.63. The minimum Gasteiger partial charge on any atom is -0.464 e. The summed E-state index contributed by atoms with van der Waals surface area (Å²) in [5.74, 6) is 0. The predicted molar refractivity (Wildman–Crippen MR) is 74.9 cm³/mol. The summed E-state index contributed by atoms with van der Waals surface area (Å²) in [5.41, 5.74) is 8.18. The Morgan fingerprint density at radius 2 is 2.11 bits per heavy atom. The lowest BCUT2D eigenvalue weighted by molar-refractivity contribution is -0.118. The van der Waals surface area contributed by atoms with Crippen molar-refractivity contribution in [3.05, 3.63) is 36.1 Å². The summed E-state index contributed by atoms with van der Waals surface area (Å²) in [6, 6.07) is 8.14. The van der Waals surface area contributed by atoms with Gasteiger partial charge in [-0.25, -0.2) is 0 Å². The smallest absolute Gasteiger partial charge is 0.134 e. The van der Waals surface area contributed by atoms with Gasteiger partial charge in [-0.1, -0.05) is 18.2 Å². The highest BCUT2D eigenvalue weighted by atomic mass is 16.5. The van der Waals surface area contributed by atoms with E-state index in [1.807, 2.05) is 24.5 Å². The third-order valence-electron chi connectivity index (χ3n) is 3.86. The van der Waals surface area contributed by atoms with Crippen molar-refractivity contribution >= 4 is 11.0 Å². The molecule has 4 heteroatoms. The number of para-hydroxylation sites is 1. The summed E-state index contributed by atoms with van der Waals surface area (Å²) in [7, 11) is 2.12. The molecule has 102 valence electrons. The molecule has 0 aliphatic carbocycles. The first kappa shape index (κ1) is 12.7. The Hall–Kier alpha value is -1.36. The van der Waals surface area contributed by atoms with Crippen LogP contribution in [0.15, 0.2) is 34.9 Å². The van der Waals surface area contributed by atoms with E-state index in [2.05, 4.69) is 18.0 Å². The van der Waals surface area contributed by atoms with Crippen molar-refractivity contribution in [1.82, 2.24) is 4.90 Å². The van der Waals surface area contributed by atoms with Crippen molar-refractivity contribution in [3.8, 4) is 0 Å². The van der Waals surface area contributed by atoms with Crippen LogP contribution in [0.3, 0.4) is 0 Å². The molecule has 0 bridgehead atoms. The summed E-state index contributed by atoms with van der Waals surface area (Å²) in [6.07, 6.45) is 1.85. The lowest BCUT2D eigenvalue weighted by Crippen LogP contribution is -2.54. The maximum atomic E-state index is 5.86. The van der Waals surface area contributed by atoms with Gasteiger partial charge < -0.3 is 19.8 Å². The van der Waals surface area contributed by atoms with E-state index in [0.29, 0.717) is 6.54 Å². The quantitative estimate of drug-likeness (QED) is 0.891. The highest BCUT2D eigenvalue weighted by molar-refractivity contribution is 5.80. The van der Waals surface area contributed by atoms with Gasteiger partial charge in [-0.3, -0.25) is 0 Å². The second-order valence-electron chi connectivity index (χ2n) is 5.63. The average Bonchev–Trinajstić information content (AvgIpc) is 2.78. The molecule has 3 rings (SSSR count). The van der Waals surface area contributed by atoms with Crippen molar-refractivity contribution < 1.29 is 9.15 Å². The Labute approximate surface area is 113 Å². The number of hydrogen-bond donors (Lipinski definition) is 1. The van der Waals surface area contributed by atoms with Crippen LogP contribution in [-0.4, -0.2) is 38.3 Å². The number of furan rings is 1. The van der Waals surface area contributed by atoms with Crippen LogP contribution in [0.25, 0.3) is 11.0 Å². The molecule has 1 aromatic heterocycles. The van der Waals surface area contributed by atoms with Gasteiger partial charge in [0.25, 0.3) is 0 Å². The Morgan fingerprint density at radius 1 is 1.32 bits per heavy atom.